The second kappa shape index (κ2) is 7.58. The first-order chi connectivity index (χ1) is 9.74. The zero-order chi connectivity index (χ0) is 14.4. The largest absolute Gasteiger partial charge is 0.381 e. The topological polar surface area (TPSA) is 32.3 Å². The van der Waals surface area contributed by atoms with Crippen molar-refractivity contribution in [2.24, 2.45) is 0 Å². The molecule has 1 amide bonds. The molecule has 0 bridgehead atoms. The summed E-state index contributed by atoms with van der Waals surface area (Å²) in [5.41, 5.74) is 1.89. The third-order valence-corrected chi connectivity index (χ3v) is 4.93. The Morgan fingerprint density at radius 3 is 2.55 bits per heavy atom. The van der Waals surface area contributed by atoms with E-state index in [1.165, 1.54) is 24.3 Å². The maximum atomic E-state index is 12.2. The van der Waals surface area contributed by atoms with Crippen LogP contribution in [-0.4, -0.2) is 41.4 Å². The molecule has 0 radical (unpaired) electrons. The van der Waals surface area contributed by atoms with E-state index in [-0.39, 0.29) is 5.91 Å². The van der Waals surface area contributed by atoms with E-state index in [0.717, 1.165) is 24.3 Å². The highest BCUT2D eigenvalue weighted by Crippen LogP contribution is 2.21. The summed E-state index contributed by atoms with van der Waals surface area (Å²) in [6, 6.07) is 8.47. The molecule has 0 unspecified atom stereocenters. The second-order valence-electron chi connectivity index (χ2n) is 5.11. The van der Waals surface area contributed by atoms with Crippen LogP contribution in [0.2, 0.25) is 0 Å². The van der Waals surface area contributed by atoms with Crippen molar-refractivity contribution in [1.29, 1.82) is 0 Å². The van der Waals surface area contributed by atoms with Gasteiger partial charge in [-0.05, 0) is 56.7 Å². The molecule has 1 aliphatic rings. The number of thioether (sulfide) groups is 1. The first-order valence-electron chi connectivity index (χ1n) is 7.48. The van der Waals surface area contributed by atoms with E-state index in [9.17, 15) is 4.79 Å². The molecule has 1 fully saturated rings. The summed E-state index contributed by atoms with van der Waals surface area (Å²) in [6.07, 6.45) is 2.54. The van der Waals surface area contributed by atoms with Gasteiger partial charge in [-0.3, -0.25) is 4.79 Å². The molecule has 4 heteroatoms. The van der Waals surface area contributed by atoms with Gasteiger partial charge >= 0.3 is 0 Å². The van der Waals surface area contributed by atoms with Gasteiger partial charge in [0.25, 0.3) is 5.91 Å². The van der Waals surface area contributed by atoms with Gasteiger partial charge < -0.3 is 10.2 Å². The summed E-state index contributed by atoms with van der Waals surface area (Å²) in [5.74, 6) is 2.59. The van der Waals surface area contributed by atoms with Gasteiger partial charge in [0, 0.05) is 36.1 Å². The molecule has 1 saturated heterocycles. The number of hydrogen-bond donors (Lipinski definition) is 1. The smallest absolute Gasteiger partial charge is 0.253 e. The minimum absolute atomic E-state index is 0.120. The number of carbonyl (C=O) groups excluding carboxylic acids is 1. The molecule has 0 spiro atoms. The molecule has 20 heavy (non-hydrogen) atoms. The normalized spacial score (nSPS) is 18.6. The lowest BCUT2D eigenvalue weighted by Crippen LogP contribution is -2.30. The summed E-state index contributed by atoms with van der Waals surface area (Å²) < 4.78 is 0. The highest BCUT2D eigenvalue weighted by molar-refractivity contribution is 7.99. The number of benzene rings is 1. The van der Waals surface area contributed by atoms with Crippen molar-refractivity contribution < 1.29 is 4.79 Å². The van der Waals surface area contributed by atoms with Crippen molar-refractivity contribution in [3.63, 3.8) is 0 Å². The van der Waals surface area contributed by atoms with Crippen LogP contribution in [0.25, 0.3) is 0 Å². The van der Waals surface area contributed by atoms with Crippen molar-refractivity contribution in [1.82, 2.24) is 4.90 Å². The Bertz CT molecular complexity index is 423. The lowest BCUT2D eigenvalue weighted by Gasteiger charge is -2.24. The molecule has 0 saturated carbocycles. The van der Waals surface area contributed by atoms with E-state index >= 15 is 0 Å². The number of nitrogens with one attached hydrogen (secondary N) is 1. The second-order valence-corrected chi connectivity index (χ2v) is 6.26. The number of amides is 1. The van der Waals surface area contributed by atoms with Gasteiger partial charge in [0.2, 0.25) is 0 Å². The molecule has 1 aliphatic heterocycles. The summed E-state index contributed by atoms with van der Waals surface area (Å²) >= 11 is 2.02. The maximum Gasteiger partial charge on any atom is 0.253 e. The Hall–Kier alpha value is -1.16. The van der Waals surface area contributed by atoms with Gasteiger partial charge in [-0.2, -0.15) is 11.8 Å². The average molecular weight is 292 g/mol. The molecule has 3 nitrogen and oxygen atoms in total. The zero-order valence-electron chi connectivity index (χ0n) is 12.4. The number of hydrogen-bond acceptors (Lipinski definition) is 3. The van der Waals surface area contributed by atoms with Gasteiger partial charge in [0.15, 0.2) is 0 Å². The number of nitrogens with zero attached hydrogens (tertiary/aromatic N) is 1. The quantitative estimate of drug-likeness (QED) is 0.902. The Kier molecular flexibility index (Phi) is 5.77. The van der Waals surface area contributed by atoms with Crippen LogP contribution < -0.4 is 5.32 Å². The fourth-order valence-electron chi connectivity index (χ4n) is 2.49. The third-order valence-electron chi connectivity index (χ3n) is 3.71. The molecule has 1 aromatic carbocycles. The van der Waals surface area contributed by atoms with Crippen LogP contribution in [-0.2, 0) is 0 Å². The summed E-state index contributed by atoms with van der Waals surface area (Å²) in [6.45, 7) is 5.54. The van der Waals surface area contributed by atoms with Crippen LogP contribution in [0.5, 0.6) is 0 Å². The summed E-state index contributed by atoms with van der Waals surface area (Å²) in [4.78, 5) is 14.1. The standard InChI is InChI=1S/C16H24N2OS/c1-3-18(4-2)16(19)13-7-9-14(10-8-13)17-15-6-5-11-20-12-15/h7-10,15,17H,3-6,11-12H2,1-2H3/t15-/m1/s1. The Balaban J connectivity index is 1.96. The van der Waals surface area contributed by atoms with Crippen LogP contribution in [0.1, 0.15) is 37.0 Å². The minimum Gasteiger partial charge on any atom is -0.381 e. The van der Waals surface area contributed by atoms with Crippen molar-refractivity contribution in [2.45, 2.75) is 32.7 Å². The predicted octanol–water partition coefficient (Wildman–Crippen LogP) is 3.48. The van der Waals surface area contributed by atoms with E-state index < -0.39 is 0 Å². The lowest BCUT2D eigenvalue weighted by molar-refractivity contribution is 0.0773. The summed E-state index contributed by atoms with van der Waals surface area (Å²) in [7, 11) is 0. The van der Waals surface area contributed by atoms with Crippen LogP contribution in [0, 0.1) is 0 Å². The fourth-order valence-corrected chi connectivity index (χ4v) is 3.56. The van der Waals surface area contributed by atoms with E-state index in [1.54, 1.807) is 0 Å². The van der Waals surface area contributed by atoms with Gasteiger partial charge in [-0.1, -0.05) is 0 Å². The van der Waals surface area contributed by atoms with Crippen LogP contribution in [0.3, 0.4) is 0 Å². The van der Waals surface area contributed by atoms with E-state index in [1.807, 2.05) is 54.8 Å². The van der Waals surface area contributed by atoms with Gasteiger partial charge in [0.1, 0.15) is 0 Å². The lowest BCUT2D eigenvalue weighted by atomic mass is 10.1. The molecule has 1 aromatic rings. The molecular weight excluding hydrogens is 268 g/mol. The fraction of sp³-hybridized carbons (Fsp3) is 0.562. The highest BCUT2D eigenvalue weighted by Gasteiger charge is 2.14. The molecule has 1 atom stereocenters. The van der Waals surface area contributed by atoms with Crippen molar-refractivity contribution >= 4 is 23.4 Å². The maximum absolute atomic E-state index is 12.2. The molecule has 0 aliphatic carbocycles. The van der Waals surface area contributed by atoms with Crippen LogP contribution >= 0.6 is 11.8 Å². The van der Waals surface area contributed by atoms with Crippen molar-refractivity contribution in [3.8, 4) is 0 Å². The van der Waals surface area contributed by atoms with Crippen LogP contribution in [0.15, 0.2) is 24.3 Å². The van der Waals surface area contributed by atoms with Gasteiger partial charge in [-0.15, -0.1) is 0 Å². The van der Waals surface area contributed by atoms with Gasteiger partial charge in [0.05, 0.1) is 0 Å². The first kappa shape index (κ1) is 15.2. The SMILES string of the molecule is CCN(CC)C(=O)c1ccc(N[C@@H]2CCCSC2)cc1. The Morgan fingerprint density at radius 1 is 1.30 bits per heavy atom. The zero-order valence-corrected chi connectivity index (χ0v) is 13.2. The van der Waals surface area contributed by atoms with E-state index in [2.05, 4.69) is 5.32 Å². The van der Waals surface area contributed by atoms with Crippen molar-refractivity contribution in [2.75, 3.05) is 29.9 Å². The van der Waals surface area contributed by atoms with Crippen molar-refractivity contribution in [3.05, 3.63) is 29.8 Å². The highest BCUT2D eigenvalue weighted by atomic mass is 32.2. The van der Waals surface area contributed by atoms with E-state index in [4.69, 9.17) is 0 Å². The predicted molar refractivity (Wildman–Crippen MR) is 87.7 cm³/mol. The molecule has 110 valence electrons. The Morgan fingerprint density at radius 2 is 2.00 bits per heavy atom. The third kappa shape index (κ3) is 3.92. The van der Waals surface area contributed by atoms with E-state index in [0.29, 0.717) is 6.04 Å². The molecule has 1 heterocycles. The van der Waals surface area contributed by atoms with Crippen LogP contribution in [0.4, 0.5) is 5.69 Å². The molecule has 0 aromatic heterocycles. The minimum atomic E-state index is 0.120. The summed E-state index contributed by atoms with van der Waals surface area (Å²) in [5, 5.41) is 3.56. The molecular formula is C16H24N2OS. The van der Waals surface area contributed by atoms with Gasteiger partial charge in [-0.25, -0.2) is 0 Å². The molecule has 2 rings (SSSR count). The Labute approximate surface area is 126 Å². The first-order valence-corrected chi connectivity index (χ1v) is 8.63. The molecule has 1 N–H and O–H groups in total. The number of rotatable bonds is 5. The number of anilines is 1. The average Bonchev–Trinajstić information content (AvgIpc) is 2.50. The monoisotopic (exact) mass is 292 g/mol. The number of carbonyl (C=O) groups is 1.